The SMILES string of the molecule is C=CCNc1nnc(Sc2cccc(F)c2C#N)s1. The number of anilines is 1. The molecule has 0 aliphatic heterocycles. The zero-order valence-corrected chi connectivity index (χ0v) is 11.4. The minimum Gasteiger partial charge on any atom is -0.357 e. The van der Waals surface area contributed by atoms with Gasteiger partial charge in [0.2, 0.25) is 5.13 Å². The molecule has 0 bridgehead atoms. The topological polar surface area (TPSA) is 61.6 Å². The molecular formula is C12H9FN4S2. The average molecular weight is 292 g/mol. The van der Waals surface area contributed by atoms with Gasteiger partial charge in [0.1, 0.15) is 17.4 Å². The fourth-order valence-corrected chi connectivity index (χ4v) is 3.09. The van der Waals surface area contributed by atoms with Crippen LogP contribution in [0.4, 0.5) is 9.52 Å². The molecule has 0 spiro atoms. The van der Waals surface area contributed by atoms with Gasteiger partial charge in [-0.2, -0.15) is 5.26 Å². The molecule has 0 radical (unpaired) electrons. The van der Waals surface area contributed by atoms with Crippen LogP contribution in [-0.2, 0) is 0 Å². The van der Waals surface area contributed by atoms with E-state index in [-0.39, 0.29) is 5.56 Å². The summed E-state index contributed by atoms with van der Waals surface area (Å²) in [7, 11) is 0. The molecule has 0 saturated carbocycles. The van der Waals surface area contributed by atoms with Gasteiger partial charge in [0.25, 0.3) is 0 Å². The second kappa shape index (κ2) is 6.31. The Morgan fingerprint density at radius 3 is 3.11 bits per heavy atom. The van der Waals surface area contributed by atoms with Crippen molar-refractivity contribution >= 4 is 28.2 Å². The number of nitrogens with zero attached hydrogens (tertiary/aromatic N) is 3. The van der Waals surface area contributed by atoms with Gasteiger partial charge in [-0.15, -0.1) is 16.8 Å². The Labute approximate surface area is 118 Å². The third-order valence-electron chi connectivity index (χ3n) is 2.09. The Balaban J connectivity index is 2.17. The van der Waals surface area contributed by atoms with Gasteiger partial charge < -0.3 is 5.32 Å². The summed E-state index contributed by atoms with van der Waals surface area (Å²) in [6.45, 7) is 4.19. The summed E-state index contributed by atoms with van der Waals surface area (Å²) in [5, 5.41) is 20.5. The number of hydrogen-bond acceptors (Lipinski definition) is 6. The lowest BCUT2D eigenvalue weighted by atomic mass is 10.2. The second-order valence-corrected chi connectivity index (χ2v) is 5.64. The highest BCUT2D eigenvalue weighted by Gasteiger charge is 2.12. The molecule has 0 aliphatic carbocycles. The fraction of sp³-hybridized carbons (Fsp3) is 0.0833. The summed E-state index contributed by atoms with van der Waals surface area (Å²) in [6, 6.07) is 6.37. The predicted octanol–water partition coefficient (Wildman–Crippen LogP) is 3.30. The monoisotopic (exact) mass is 292 g/mol. The molecule has 2 aromatic rings. The number of rotatable bonds is 5. The van der Waals surface area contributed by atoms with Crippen molar-refractivity contribution in [2.75, 3.05) is 11.9 Å². The molecule has 1 heterocycles. The smallest absolute Gasteiger partial charge is 0.206 e. The van der Waals surface area contributed by atoms with Crippen LogP contribution in [0.2, 0.25) is 0 Å². The van der Waals surface area contributed by atoms with Crippen molar-refractivity contribution in [1.82, 2.24) is 10.2 Å². The number of hydrogen-bond donors (Lipinski definition) is 1. The van der Waals surface area contributed by atoms with Gasteiger partial charge in [0.15, 0.2) is 4.34 Å². The number of nitrogens with one attached hydrogen (secondary N) is 1. The number of benzene rings is 1. The largest absolute Gasteiger partial charge is 0.357 e. The molecule has 1 aromatic carbocycles. The molecular weight excluding hydrogens is 283 g/mol. The van der Waals surface area contributed by atoms with Crippen LogP contribution >= 0.6 is 23.1 Å². The summed E-state index contributed by atoms with van der Waals surface area (Å²) in [6.07, 6.45) is 1.72. The molecule has 96 valence electrons. The van der Waals surface area contributed by atoms with E-state index in [0.717, 1.165) is 0 Å². The van der Waals surface area contributed by atoms with Crippen LogP contribution in [0.1, 0.15) is 5.56 Å². The van der Waals surface area contributed by atoms with E-state index in [2.05, 4.69) is 22.1 Å². The minimum atomic E-state index is -0.526. The first-order valence-corrected chi connectivity index (χ1v) is 6.92. The van der Waals surface area contributed by atoms with Crippen molar-refractivity contribution in [2.45, 2.75) is 9.24 Å². The molecule has 4 nitrogen and oxygen atoms in total. The Hall–Kier alpha value is -1.91. The summed E-state index contributed by atoms with van der Waals surface area (Å²) in [4.78, 5) is 0.536. The molecule has 0 amide bonds. The van der Waals surface area contributed by atoms with Gasteiger partial charge in [-0.05, 0) is 12.1 Å². The lowest BCUT2D eigenvalue weighted by Crippen LogP contribution is -1.96. The highest BCUT2D eigenvalue weighted by molar-refractivity contribution is 8.01. The van der Waals surface area contributed by atoms with Crippen molar-refractivity contribution in [1.29, 1.82) is 5.26 Å². The second-order valence-electron chi connectivity index (χ2n) is 3.37. The first kappa shape index (κ1) is 13.5. The summed E-state index contributed by atoms with van der Waals surface area (Å²) in [5.74, 6) is -0.526. The van der Waals surface area contributed by atoms with Gasteiger partial charge >= 0.3 is 0 Å². The highest BCUT2D eigenvalue weighted by atomic mass is 32.2. The maximum atomic E-state index is 13.4. The number of aromatic nitrogens is 2. The zero-order chi connectivity index (χ0) is 13.7. The molecule has 2 rings (SSSR count). The quantitative estimate of drug-likeness (QED) is 0.857. The van der Waals surface area contributed by atoms with Crippen LogP contribution in [-0.4, -0.2) is 16.7 Å². The standard InChI is InChI=1S/C12H9FN4S2/c1-2-6-15-11-16-17-12(19-11)18-10-5-3-4-9(13)8(10)7-14/h2-5H,1,6H2,(H,15,16). The van der Waals surface area contributed by atoms with E-state index >= 15 is 0 Å². The van der Waals surface area contributed by atoms with E-state index in [1.165, 1.54) is 29.2 Å². The lowest BCUT2D eigenvalue weighted by Gasteiger charge is -2.00. The Kier molecular flexibility index (Phi) is 4.49. The van der Waals surface area contributed by atoms with Crippen LogP contribution in [0.3, 0.4) is 0 Å². The summed E-state index contributed by atoms with van der Waals surface area (Å²) >= 11 is 2.57. The molecule has 19 heavy (non-hydrogen) atoms. The molecule has 0 aliphatic rings. The fourth-order valence-electron chi connectivity index (χ4n) is 1.27. The van der Waals surface area contributed by atoms with E-state index < -0.39 is 5.82 Å². The normalized spacial score (nSPS) is 9.89. The van der Waals surface area contributed by atoms with Crippen LogP contribution in [0, 0.1) is 17.1 Å². The Morgan fingerprint density at radius 2 is 2.37 bits per heavy atom. The van der Waals surface area contributed by atoms with Crippen molar-refractivity contribution in [3.05, 3.63) is 42.2 Å². The maximum Gasteiger partial charge on any atom is 0.206 e. The zero-order valence-electron chi connectivity index (χ0n) is 9.76. The molecule has 1 aromatic heterocycles. The van der Waals surface area contributed by atoms with E-state index in [4.69, 9.17) is 5.26 Å². The lowest BCUT2D eigenvalue weighted by molar-refractivity contribution is 0.620. The number of nitriles is 1. The molecule has 0 unspecified atom stereocenters. The van der Waals surface area contributed by atoms with Crippen LogP contribution in [0.25, 0.3) is 0 Å². The summed E-state index contributed by atoms with van der Waals surface area (Å²) < 4.78 is 14.1. The van der Waals surface area contributed by atoms with Crippen molar-refractivity contribution in [2.24, 2.45) is 0 Å². The minimum absolute atomic E-state index is 0.0308. The van der Waals surface area contributed by atoms with Gasteiger partial charge in [-0.1, -0.05) is 35.2 Å². The van der Waals surface area contributed by atoms with E-state index in [0.29, 0.717) is 20.9 Å². The Bertz CT molecular complexity index is 633. The molecule has 0 fully saturated rings. The third kappa shape index (κ3) is 3.30. The van der Waals surface area contributed by atoms with Gasteiger partial charge in [0.05, 0.1) is 0 Å². The van der Waals surface area contributed by atoms with Crippen LogP contribution < -0.4 is 5.32 Å². The van der Waals surface area contributed by atoms with Crippen LogP contribution in [0.15, 0.2) is 40.1 Å². The third-order valence-corrected chi connectivity index (χ3v) is 4.08. The molecule has 7 heteroatoms. The predicted molar refractivity (Wildman–Crippen MR) is 73.8 cm³/mol. The van der Waals surface area contributed by atoms with Gasteiger partial charge in [0, 0.05) is 11.4 Å². The average Bonchev–Trinajstić information content (AvgIpc) is 2.84. The van der Waals surface area contributed by atoms with E-state index in [1.807, 2.05) is 6.07 Å². The van der Waals surface area contributed by atoms with Gasteiger partial charge in [-0.3, -0.25) is 0 Å². The van der Waals surface area contributed by atoms with Crippen molar-refractivity contribution in [3.63, 3.8) is 0 Å². The van der Waals surface area contributed by atoms with Gasteiger partial charge in [-0.25, -0.2) is 4.39 Å². The maximum absolute atomic E-state index is 13.4. The van der Waals surface area contributed by atoms with Crippen molar-refractivity contribution < 1.29 is 4.39 Å². The number of halogens is 1. The molecule has 1 N–H and O–H groups in total. The van der Waals surface area contributed by atoms with E-state index in [1.54, 1.807) is 18.2 Å². The van der Waals surface area contributed by atoms with E-state index in [9.17, 15) is 4.39 Å². The Morgan fingerprint density at radius 1 is 1.53 bits per heavy atom. The molecule has 0 atom stereocenters. The van der Waals surface area contributed by atoms with Crippen molar-refractivity contribution in [3.8, 4) is 6.07 Å². The first-order valence-electron chi connectivity index (χ1n) is 5.29. The first-order chi connectivity index (χ1) is 9.24. The van der Waals surface area contributed by atoms with Crippen LogP contribution in [0.5, 0.6) is 0 Å². The molecule has 0 saturated heterocycles. The summed E-state index contributed by atoms with van der Waals surface area (Å²) in [5.41, 5.74) is 0.0308. The highest BCUT2D eigenvalue weighted by Crippen LogP contribution is 2.34.